The Morgan fingerprint density at radius 3 is 2.86 bits per heavy atom. The first-order chi connectivity index (χ1) is 10.6. The molecular formula is C16H24N4O2. The molecular weight excluding hydrogens is 280 g/mol. The van der Waals surface area contributed by atoms with Crippen molar-refractivity contribution in [1.29, 1.82) is 0 Å². The topological polar surface area (TPSA) is 69.3 Å². The number of rotatable bonds is 5. The minimum absolute atomic E-state index is 0.0472. The maximum Gasteiger partial charge on any atom is 0.275 e. The fraction of sp³-hybridized carbons (Fsp3) is 0.688. The molecule has 0 unspecified atom stereocenters. The fourth-order valence-corrected chi connectivity index (χ4v) is 3.03. The Morgan fingerprint density at radius 2 is 2.18 bits per heavy atom. The molecule has 1 aliphatic heterocycles. The van der Waals surface area contributed by atoms with Crippen LogP contribution in [0.15, 0.2) is 6.07 Å². The van der Waals surface area contributed by atoms with Crippen LogP contribution >= 0.6 is 0 Å². The summed E-state index contributed by atoms with van der Waals surface area (Å²) in [6.07, 6.45) is 5.03. The van der Waals surface area contributed by atoms with Crippen molar-refractivity contribution in [2.75, 3.05) is 20.1 Å². The Kier molecular flexibility index (Phi) is 4.18. The van der Waals surface area contributed by atoms with Crippen molar-refractivity contribution in [3.8, 4) is 0 Å². The zero-order chi connectivity index (χ0) is 15.7. The zero-order valence-corrected chi connectivity index (χ0v) is 13.3. The van der Waals surface area contributed by atoms with E-state index in [-0.39, 0.29) is 17.9 Å². The maximum absolute atomic E-state index is 12.8. The van der Waals surface area contributed by atoms with Gasteiger partial charge in [0.1, 0.15) is 11.7 Å². The third kappa shape index (κ3) is 2.87. The van der Waals surface area contributed by atoms with Gasteiger partial charge in [-0.2, -0.15) is 5.10 Å². The van der Waals surface area contributed by atoms with Crippen molar-refractivity contribution in [2.24, 2.45) is 0 Å². The smallest absolute Gasteiger partial charge is 0.275 e. The third-order valence-corrected chi connectivity index (χ3v) is 4.64. The molecule has 120 valence electrons. The minimum atomic E-state index is -0.340. The molecule has 1 aromatic heterocycles. The van der Waals surface area contributed by atoms with Gasteiger partial charge in [-0.25, -0.2) is 0 Å². The summed E-state index contributed by atoms with van der Waals surface area (Å²) in [4.78, 5) is 28.6. The van der Waals surface area contributed by atoms with Crippen LogP contribution in [0.3, 0.4) is 0 Å². The summed E-state index contributed by atoms with van der Waals surface area (Å²) in [7, 11) is 1.81. The SMILES string of the molecule is CCCC[C@H]1C(=O)N(C)CCN1C(=O)c1cc(C2CC2)[nH]n1. The molecule has 6 nitrogen and oxygen atoms in total. The van der Waals surface area contributed by atoms with Crippen molar-refractivity contribution in [1.82, 2.24) is 20.0 Å². The van der Waals surface area contributed by atoms with Crippen LogP contribution in [0.4, 0.5) is 0 Å². The number of hydrogen-bond acceptors (Lipinski definition) is 3. The summed E-state index contributed by atoms with van der Waals surface area (Å²) in [5.41, 5.74) is 1.50. The predicted octanol–water partition coefficient (Wildman–Crippen LogP) is 1.76. The van der Waals surface area contributed by atoms with Gasteiger partial charge < -0.3 is 9.80 Å². The summed E-state index contributed by atoms with van der Waals surface area (Å²) >= 11 is 0. The molecule has 2 fully saturated rings. The number of nitrogens with one attached hydrogen (secondary N) is 1. The molecule has 2 heterocycles. The van der Waals surface area contributed by atoms with Crippen LogP contribution < -0.4 is 0 Å². The van der Waals surface area contributed by atoms with Crippen molar-refractivity contribution in [3.63, 3.8) is 0 Å². The number of amides is 2. The van der Waals surface area contributed by atoms with Crippen molar-refractivity contribution < 1.29 is 9.59 Å². The number of unbranched alkanes of at least 4 members (excludes halogenated alkanes) is 1. The number of aromatic amines is 1. The van der Waals surface area contributed by atoms with Gasteiger partial charge in [0.2, 0.25) is 5.91 Å². The second-order valence-electron chi connectivity index (χ2n) is 6.40. The molecule has 22 heavy (non-hydrogen) atoms. The van der Waals surface area contributed by atoms with E-state index >= 15 is 0 Å². The lowest BCUT2D eigenvalue weighted by Crippen LogP contribution is -2.57. The van der Waals surface area contributed by atoms with Crippen LogP contribution in [-0.2, 0) is 4.79 Å². The van der Waals surface area contributed by atoms with Crippen LogP contribution in [0.2, 0.25) is 0 Å². The van der Waals surface area contributed by atoms with Gasteiger partial charge in [-0.05, 0) is 25.3 Å². The highest BCUT2D eigenvalue weighted by molar-refractivity contribution is 5.96. The second-order valence-corrected chi connectivity index (χ2v) is 6.40. The summed E-state index contributed by atoms with van der Waals surface area (Å²) in [5.74, 6) is 0.468. The van der Waals surface area contributed by atoms with Crippen LogP contribution in [0.1, 0.15) is 61.1 Å². The number of carbonyl (C=O) groups excluding carboxylic acids is 2. The fourth-order valence-electron chi connectivity index (χ4n) is 3.03. The first-order valence-electron chi connectivity index (χ1n) is 8.23. The Balaban J connectivity index is 1.76. The lowest BCUT2D eigenvalue weighted by molar-refractivity contribution is -0.138. The maximum atomic E-state index is 12.8. The summed E-state index contributed by atoms with van der Waals surface area (Å²) in [5, 5.41) is 7.14. The normalized spacial score (nSPS) is 22.3. The Bertz CT molecular complexity index is 564. The summed E-state index contributed by atoms with van der Waals surface area (Å²) < 4.78 is 0. The molecule has 3 rings (SSSR count). The molecule has 0 aromatic carbocycles. The van der Waals surface area contributed by atoms with Gasteiger partial charge in [0.25, 0.3) is 5.91 Å². The molecule has 1 saturated heterocycles. The molecule has 2 aliphatic rings. The van der Waals surface area contributed by atoms with E-state index in [1.54, 1.807) is 9.80 Å². The Morgan fingerprint density at radius 1 is 1.41 bits per heavy atom. The average molecular weight is 304 g/mol. The van der Waals surface area contributed by atoms with Crippen molar-refractivity contribution in [2.45, 2.75) is 51.0 Å². The highest BCUT2D eigenvalue weighted by Crippen LogP contribution is 2.39. The van der Waals surface area contributed by atoms with Crippen molar-refractivity contribution >= 4 is 11.8 Å². The van der Waals surface area contributed by atoms with E-state index < -0.39 is 0 Å². The molecule has 0 bridgehead atoms. The predicted molar refractivity (Wildman–Crippen MR) is 82.5 cm³/mol. The van der Waals surface area contributed by atoms with Gasteiger partial charge in [-0.3, -0.25) is 14.7 Å². The monoisotopic (exact) mass is 304 g/mol. The number of likely N-dealkylation sites (N-methyl/N-ethyl adjacent to an activating group) is 1. The quantitative estimate of drug-likeness (QED) is 0.901. The van der Waals surface area contributed by atoms with Crippen LogP contribution in [0.25, 0.3) is 0 Å². The molecule has 6 heteroatoms. The molecule has 1 aromatic rings. The second kappa shape index (κ2) is 6.10. The number of hydrogen-bond donors (Lipinski definition) is 1. The van der Waals surface area contributed by atoms with E-state index in [1.165, 1.54) is 12.8 Å². The molecule has 1 aliphatic carbocycles. The lowest BCUT2D eigenvalue weighted by Gasteiger charge is -2.38. The average Bonchev–Trinajstić information content (AvgIpc) is 3.25. The van der Waals surface area contributed by atoms with Crippen molar-refractivity contribution in [3.05, 3.63) is 17.5 Å². The van der Waals surface area contributed by atoms with Gasteiger partial charge in [-0.1, -0.05) is 19.8 Å². The van der Waals surface area contributed by atoms with Gasteiger partial charge in [-0.15, -0.1) is 0 Å². The van der Waals surface area contributed by atoms with Crippen LogP contribution in [0, 0.1) is 0 Å². The van der Waals surface area contributed by atoms with Gasteiger partial charge in [0.15, 0.2) is 0 Å². The van der Waals surface area contributed by atoms with E-state index in [9.17, 15) is 9.59 Å². The highest BCUT2D eigenvalue weighted by Gasteiger charge is 2.37. The molecule has 1 saturated carbocycles. The molecule has 1 atom stereocenters. The zero-order valence-electron chi connectivity index (χ0n) is 13.3. The number of H-pyrrole nitrogens is 1. The number of nitrogens with zero attached hydrogens (tertiary/aromatic N) is 3. The van der Waals surface area contributed by atoms with E-state index in [4.69, 9.17) is 0 Å². The van der Waals surface area contributed by atoms with Crippen LogP contribution in [-0.4, -0.2) is 58.0 Å². The van der Waals surface area contributed by atoms with E-state index in [1.807, 2.05) is 13.1 Å². The largest absolute Gasteiger partial charge is 0.342 e. The first-order valence-corrected chi connectivity index (χ1v) is 8.23. The molecule has 0 radical (unpaired) electrons. The molecule has 1 N–H and O–H groups in total. The highest BCUT2D eigenvalue weighted by atomic mass is 16.2. The van der Waals surface area contributed by atoms with Gasteiger partial charge >= 0.3 is 0 Å². The first kappa shape index (κ1) is 15.1. The van der Waals surface area contributed by atoms with Crippen LogP contribution in [0.5, 0.6) is 0 Å². The summed E-state index contributed by atoms with van der Waals surface area (Å²) in [6, 6.07) is 1.52. The standard InChI is InChI=1S/C16H24N4O2/c1-3-4-5-14-16(22)19(2)8-9-20(14)15(21)13-10-12(17-18-13)11-6-7-11/h10-11,14H,3-9H2,1-2H3,(H,17,18)/t14-/m0/s1. The van der Waals surface area contributed by atoms with E-state index in [0.717, 1.165) is 25.0 Å². The number of carbonyl (C=O) groups is 2. The minimum Gasteiger partial charge on any atom is -0.342 e. The van der Waals surface area contributed by atoms with E-state index in [0.29, 0.717) is 24.7 Å². The van der Waals surface area contributed by atoms with Gasteiger partial charge in [0.05, 0.1) is 0 Å². The summed E-state index contributed by atoms with van der Waals surface area (Å²) in [6.45, 7) is 3.27. The number of aromatic nitrogens is 2. The molecule has 0 spiro atoms. The Labute approximate surface area is 130 Å². The van der Waals surface area contributed by atoms with E-state index in [2.05, 4.69) is 17.1 Å². The lowest BCUT2D eigenvalue weighted by atomic mass is 10.0. The molecule has 2 amide bonds. The van der Waals surface area contributed by atoms with Gasteiger partial charge in [0, 0.05) is 31.7 Å². The third-order valence-electron chi connectivity index (χ3n) is 4.64. The number of piperazine rings is 1. The Hall–Kier alpha value is -1.85.